The zero-order valence-electron chi connectivity index (χ0n) is 8.28. The van der Waals surface area contributed by atoms with E-state index in [1.54, 1.807) is 0 Å². The molecule has 0 amide bonds. The molecule has 13 heavy (non-hydrogen) atoms. The van der Waals surface area contributed by atoms with Gasteiger partial charge in [0.2, 0.25) is 0 Å². The molecule has 1 rings (SSSR count). The first-order valence-electron chi connectivity index (χ1n) is 4.85. The van der Waals surface area contributed by atoms with Crippen molar-refractivity contribution in [2.45, 2.75) is 25.6 Å². The minimum absolute atomic E-state index is 0.00596. The van der Waals surface area contributed by atoms with Crippen LogP contribution >= 0.6 is 0 Å². The minimum Gasteiger partial charge on any atom is -0.394 e. The Kier molecular flexibility index (Phi) is 4.42. The first kappa shape index (κ1) is 10.7. The summed E-state index contributed by atoms with van der Waals surface area (Å²) in [5, 5.41) is 8.98. The maximum atomic E-state index is 8.98. The monoisotopic (exact) mass is 185 g/mol. The molecule has 2 unspecified atom stereocenters. The molecule has 2 atom stereocenters. The van der Waals surface area contributed by atoms with Gasteiger partial charge in [0.1, 0.15) is 0 Å². The molecule has 0 spiro atoms. The second-order valence-electron chi connectivity index (χ2n) is 3.59. The lowest BCUT2D eigenvalue weighted by Gasteiger charge is -2.35. The van der Waals surface area contributed by atoms with Gasteiger partial charge in [0.15, 0.2) is 0 Å². The Hall–Kier alpha value is -0.380. The van der Waals surface area contributed by atoms with E-state index in [1.807, 2.05) is 13.0 Å². The fourth-order valence-corrected chi connectivity index (χ4v) is 1.70. The van der Waals surface area contributed by atoms with Crippen molar-refractivity contribution in [2.24, 2.45) is 0 Å². The van der Waals surface area contributed by atoms with Crippen molar-refractivity contribution in [1.82, 2.24) is 4.90 Å². The summed E-state index contributed by atoms with van der Waals surface area (Å²) in [7, 11) is 0. The van der Waals surface area contributed by atoms with Gasteiger partial charge in [0, 0.05) is 19.6 Å². The largest absolute Gasteiger partial charge is 0.394 e. The molecule has 1 aliphatic heterocycles. The van der Waals surface area contributed by atoms with Crippen LogP contribution < -0.4 is 0 Å². The number of aliphatic hydroxyl groups is 1. The first-order chi connectivity index (χ1) is 6.26. The molecule has 0 bridgehead atoms. The van der Waals surface area contributed by atoms with Crippen molar-refractivity contribution in [2.75, 3.05) is 26.2 Å². The standard InChI is InChI=1S/C10H19NO2/c1-3-4-5-11-6-9(2)13-10(7-11)8-12/h3,9-10,12H,1,4-8H2,2H3. The molecule has 0 aromatic rings. The minimum atomic E-state index is -0.00596. The molecule has 0 radical (unpaired) electrons. The Morgan fingerprint density at radius 2 is 2.38 bits per heavy atom. The van der Waals surface area contributed by atoms with Crippen molar-refractivity contribution in [3.63, 3.8) is 0 Å². The van der Waals surface area contributed by atoms with E-state index in [-0.39, 0.29) is 18.8 Å². The third-order valence-electron chi connectivity index (χ3n) is 2.25. The van der Waals surface area contributed by atoms with E-state index < -0.39 is 0 Å². The van der Waals surface area contributed by atoms with Gasteiger partial charge in [-0.3, -0.25) is 4.90 Å². The summed E-state index contributed by atoms with van der Waals surface area (Å²) in [4.78, 5) is 2.32. The van der Waals surface area contributed by atoms with Crippen molar-refractivity contribution >= 4 is 0 Å². The molecular formula is C10H19NO2. The Bertz CT molecular complexity index is 161. The van der Waals surface area contributed by atoms with Gasteiger partial charge in [-0.2, -0.15) is 0 Å². The van der Waals surface area contributed by atoms with Gasteiger partial charge in [-0.25, -0.2) is 0 Å². The van der Waals surface area contributed by atoms with E-state index in [4.69, 9.17) is 9.84 Å². The number of hydrogen-bond acceptors (Lipinski definition) is 3. The summed E-state index contributed by atoms with van der Waals surface area (Å²) in [5.74, 6) is 0. The van der Waals surface area contributed by atoms with Gasteiger partial charge in [-0.1, -0.05) is 6.08 Å². The summed E-state index contributed by atoms with van der Waals surface area (Å²) < 4.78 is 5.53. The third kappa shape index (κ3) is 3.46. The van der Waals surface area contributed by atoms with Crippen LogP contribution in [-0.4, -0.2) is 48.5 Å². The van der Waals surface area contributed by atoms with Gasteiger partial charge in [-0.15, -0.1) is 6.58 Å². The Labute approximate surface area is 80.0 Å². The fourth-order valence-electron chi connectivity index (χ4n) is 1.70. The van der Waals surface area contributed by atoms with Crippen LogP contribution in [0.5, 0.6) is 0 Å². The zero-order valence-corrected chi connectivity index (χ0v) is 8.28. The van der Waals surface area contributed by atoms with Crippen LogP contribution in [0.25, 0.3) is 0 Å². The molecule has 1 saturated heterocycles. The van der Waals surface area contributed by atoms with E-state index in [0.717, 1.165) is 26.1 Å². The molecule has 0 aliphatic carbocycles. The van der Waals surface area contributed by atoms with E-state index >= 15 is 0 Å². The lowest BCUT2D eigenvalue weighted by molar-refractivity contribution is -0.0946. The summed E-state index contributed by atoms with van der Waals surface area (Å²) >= 11 is 0. The normalized spacial score (nSPS) is 30.3. The first-order valence-corrected chi connectivity index (χ1v) is 4.85. The molecular weight excluding hydrogens is 166 g/mol. The summed E-state index contributed by atoms with van der Waals surface area (Å²) in [6, 6.07) is 0. The lowest BCUT2D eigenvalue weighted by atomic mass is 10.2. The Morgan fingerprint density at radius 1 is 1.62 bits per heavy atom. The maximum absolute atomic E-state index is 8.98. The Balaban J connectivity index is 2.33. The second kappa shape index (κ2) is 5.37. The van der Waals surface area contributed by atoms with Crippen LogP contribution in [0.3, 0.4) is 0 Å². The predicted molar refractivity (Wildman–Crippen MR) is 52.7 cm³/mol. The number of morpholine rings is 1. The van der Waals surface area contributed by atoms with Gasteiger partial charge in [-0.05, 0) is 13.3 Å². The zero-order chi connectivity index (χ0) is 9.68. The maximum Gasteiger partial charge on any atom is 0.0936 e. The number of aliphatic hydroxyl groups excluding tert-OH is 1. The van der Waals surface area contributed by atoms with Crippen LogP contribution in [0.15, 0.2) is 12.7 Å². The molecule has 0 saturated carbocycles. The van der Waals surface area contributed by atoms with Crippen LogP contribution in [0, 0.1) is 0 Å². The molecule has 1 N–H and O–H groups in total. The van der Waals surface area contributed by atoms with E-state index in [9.17, 15) is 0 Å². The quantitative estimate of drug-likeness (QED) is 0.653. The fraction of sp³-hybridized carbons (Fsp3) is 0.800. The average Bonchev–Trinajstić information content (AvgIpc) is 2.14. The van der Waals surface area contributed by atoms with Crippen molar-refractivity contribution in [1.29, 1.82) is 0 Å². The number of hydrogen-bond donors (Lipinski definition) is 1. The molecule has 0 aromatic carbocycles. The van der Waals surface area contributed by atoms with Crippen LogP contribution in [-0.2, 0) is 4.74 Å². The topological polar surface area (TPSA) is 32.7 Å². The van der Waals surface area contributed by atoms with E-state index in [2.05, 4.69) is 11.5 Å². The highest BCUT2D eigenvalue weighted by atomic mass is 16.5. The summed E-state index contributed by atoms with van der Waals surface area (Å²) in [6.07, 6.45) is 3.16. The van der Waals surface area contributed by atoms with Crippen LogP contribution in [0.1, 0.15) is 13.3 Å². The highest BCUT2D eigenvalue weighted by Crippen LogP contribution is 2.10. The molecule has 3 nitrogen and oxygen atoms in total. The highest BCUT2D eigenvalue weighted by Gasteiger charge is 2.23. The van der Waals surface area contributed by atoms with Gasteiger partial charge in [0.25, 0.3) is 0 Å². The number of rotatable bonds is 4. The smallest absolute Gasteiger partial charge is 0.0936 e. The van der Waals surface area contributed by atoms with Gasteiger partial charge < -0.3 is 9.84 Å². The van der Waals surface area contributed by atoms with E-state index in [0.29, 0.717) is 0 Å². The SMILES string of the molecule is C=CCCN1CC(C)OC(CO)C1. The predicted octanol–water partition coefficient (Wildman–Crippen LogP) is 0.644. The molecule has 76 valence electrons. The number of ether oxygens (including phenoxy) is 1. The van der Waals surface area contributed by atoms with Crippen LogP contribution in [0.4, 0.5) is 0 Å². The molecule has 1 fully saturated rings. The van der Waals surface area contributed by atoms with Crippen molar-refractivity contribution in [3.05, 3.63) is 12.7 Å². The van der Waals surface area contributed by atoms with Crippen molar-refractivity contribution in [3.8, 4) is 0 Å². The summed E-state index contributed by atoms with van der Waals surface area (Å²) in [5.41, 5.74) is 0. The second-order valence-corrected chi connectivity index (χ2v) is 3.59. The van der Waals surface area contributed by atoms with Gasteiger partial charge in [0.05, 0.1) is 18.8 Å². The molecule has 1 aliphatic rings. The average molecular weight is 185 g/mol. The van der Waals surface area contributed by atoms with E-state index in [1.165, 1.54) is 0 Å². The summed E-state index contributed by atoms with van der Waals surface area (Å²) in [6.45, 7) is 8.69. The number of nitrogens with zero attached hydrogens (tertiary/aromatic N) is 1. The lowest BCUT2D eigenvalue weighted by Crippen LogP contribution is -2.48. The Morgan fingerprint density at radius 3 is 3.00 bits per heavy atom. The van der Waals surface area contributed by atoms with Gasteiger partial charge >= 0.3 is 0 Å². The molecule has 1 heterocycles. The molecule has 0 aromatic heterocycles. The molecule has 3 heteroatoms. The highest BCUT2D eigenvalue weighted by molar-refractivity contribution is 4.77. The van der Waals surface area contributed by atoms with Crippen molar-refractivity contribution < 1.29 is 9.84 Å². The van der Waals surface area contributed by atoms with Crippen LogP contribution in [0.2, 0.25) is 0 Å². The third-order valence-corrected chi connectivity index (χ3v) is 2.25.